The average molecular weight is 313 g/mol. The lowest BCUT2D eigenvalue weighted by molar-refractivity contribution is 0.202. The van der Waals surface area contributed by atoms with Crippen molar-refractivity contribution >= 4 is 29.0 Å². The molecule has 1 N–H and O–H groups in total. The number of rotatable bonds is 5. The first-order chi connectivity index (χ1) is 9.54. The van der Waals surface area contributed by atoms with Crippen molar-refractivity contribution in [3.05, 3.63) is 40.1 Å². The maximum atomic E-state index is 12.1. The molecular weight excluding hydrogens is 296 g/mol. The molecule has 0 saturated carbocycles. The third-order valence-corrected chi connectivity index (χ3v) is 4.00. The van der Waals surface area contributed by atoms with Crippen LogP contribution in [-0.2, 0) is 13.1 Å². The predicted octanol–water partition coefficient (Wildman–Crippen LogP) is 2.83. The van der Waals surface area contributed by atoms with Crippen molar-refractivity contribution in [3.63, 3.8) is 0 Å². The summed E-state index contributed by atoms with van der Waals surface area (Å²) in [5.41, 5.74) is 0. The summed E-state index contributed by atoms with van der Waals surface area (Å²) in [4.78, 5) is 18.7. The minimum absolute atomic E-state index is 0.0334. The number of carbonyl (C=O) groups is 1. The van der Waals surface area contributed by atoms with E-state index in [2.05, 4.69) is 10.3 Å². The predicted molar refractivity (Wildman–Crippen MR) is 81.0 cm³/mol. The first kappa shape index (κ1) is 14.9. The molecule has 7 heteroatoms. The van der Waals surface area contributed by atoms with Gasteiger partial charge in [-0.05, 0) is 19.1 Å². The van der Waals surface area contributed by atoms with Crippen LogP contribution in [0.3, 0.4) is 0 Å². The third kappa shape index (κ3) is 4.25. The maximum Gasteiger partial charge on any atom is 0.317 e. The minimum atomic E-state index is -0.0952. The lowest BCUT2D eigenvalue weighted by Crippen LogP contribution is -2.43. The van der Waals surface area contributed by atoms with E-state index in [1.165, 1.54) is 11.3 Å². The number of nitrogens with zero attached hydrogens (tertiary/aromatic N) is 3. The summed E-state index contributed by atoms with van der Waals surface area (Å²) < 4.78 is 2.67. The quantitative estimate of drug-likeness (QED) is 0.923. The van der Waals surface area contributed by atoms with Gasteiger partial charge in [0, 0.05) is 36.9 Å². The van der Waals surface area contributed by atoms with Gasteiger partial charge >= 0.3 is 6.03 Å². The summed E-state index contributed by atoms with van der Waals surface area (Å²) in [7, 11) is 1.77. The molecule has 0 unspecified atom stereocenters. The van der Waals surface area contributed by atoms with Crippen LogP contribution in [0.2, 0.25) is 4.34 Å². The molecule has 2 amide bonds. The summed E-state index contributed by atoms with van der Waals surface area (Å²) in [6.07, 6.45) is 5.33. The van der Waals surface area contributed by atoms with Gasteiger partial charge in [0.2, 0.25) is 0 Å². The normalized spacial score (nSPS) is 12.2. The van der Waals surface area contributed by atoms with Crippen molar-refractivity contribution in [1.29, 1.82) is 0 Å². The topological polar surface area (TPSA) is 50.2 Å². The van der Waals surface area contributed by atoms with Crippen LogP contribution in [0.1, 0.15) is 11.8 Å². The highest BCUT2D eigenvalue weighted by Gasteiger charge is 2.13. The molecule has 108 valence electrons. The van der Waals surface area contributed by atoms with Gasteiger partial charge in [-0.25, -0.2) is 9.78 Å². The Balaban J connectivity index is 1.81. The van der Waals surface area contributed by atoms with E-state index in [9.17, 15) is 4.79 Å². The van der Waals surface area contributed by atoms with Crippen molar-refractivity contribution in [2.75, 3.05) is 7.05 Å². The molecule has 20 heavy (non-hydrogen) atoms. The van der Waals surface area contributed by atoms with Crippen LogP contribution >= 0.6 is 22.9 Å². The van der Waals surface area contributed by atoms with E-state index in [0.29, 0.717) is 13.1 Å². The summed E-state index contributed by atoms with van der Waals surface area (Å²) in [5.74, 6) is 0. The molecule has 0 aliphatic heterocycles. The highest BCUT2D eigenvalue weighted by molar-refractivity contribution is 7.16. The number of amides is 2. The molecule has 2 rings (SSSR count). The Kier molecular flexibility index (Phi) is 5.03. The molecule has 0 saturated heterocycles. The number of carbonyl (C=O) groups excluding carboxylic acids is 1. The summed E-state index contributed by atoms with van der Waals surface area (Å²) in [6.45, 7) is 3.22. The fourth-order valence-electron chi connectivity index (χ4n) is 1.82. The van der Waals surface area contributed by atoms with Gasteiger partial charge in [-0.2, -0.15) is 0 Å². The third-order valence-electron chi connectivity index (χ3n) is 2.78. The molecule has 1 atom stereocenters. The molecule has 0 aromatic carbocycles. The lowest BCUT2D eigenvalue weighted by atomic mass is 10.3. The summed E-state index contributed by atoms with van der Waals surface area (Å²) >= 11 is 7.37. The van der Waals surface area contributed by atoms with E-state index in [4.69, 9.17) is 11.6 Å². The first-order valence-electron chi connectivity index (χ1n) is 6.26. The van der Waals surface area contributed by atoms with Gasteiger partial charge in [-0.1, -0.05) is 11.6 Å². The minimum Gasteiger partial charge on any atom is -0.335 e. The number of hydrogen-bond donors (Lipinski definition) is 1. The van der Waals surface area contributed by atoms with Crippen LogP contribution in [-0.4, -0.2) is 33.6 Å². The SMILES string of the molecule is C[C@H](Cn1ccnc1)NC(=O)N(C)Cc1ccc(Cl)s1. The van der Waals surface area contributed by atoms with Crippen LogP contribution in [0, 0.1) is 0 Å². The van der Waals surface area contributed by atoms with Crippen molar-refractivity contribution in [2.45, 2.75) is 26.1 Å². The number of imidazole rings is 1. The van der Waals surface area contributed by atoms with Gasteiger partial charge < -0.3 is 14.8 Å². The molecule has 2 heterocycles. The Morgan fingerprint density at radius 3 is 3.00 bits per heavy atom. The first-order valence-corrected chi connectivity index (χ1v) is 7.45. The van der Waals surface area contributed by atoms with Gasteiger partial charge in [0.1, 0.15) is 0 Å². The second-order valence-electron chi connectivity index (χ2n) is 4.67. The van der Waals surface area contributed by atoms with Crippen molar-refractivity contribution in [3.8, 4) is 0 Å². The molecule has 0 radical (unpaired) electrons. The maximum absolute atomic E-state index is 12.1. The number of urea groups is 1. The monoisotopic (exact) mass is 312 g/mol. The molecular formula is C13H17ClN4OS. The molecule has 0 aliphatic carbocycles. The average Bonchev–Trinajstić information content (AvgIpc) is 3.01. The van der Waals surface area contributed by atoms with Gasteiger partial charge in [0.15, 0.2) is 0 Å². The zero-order chi connectivity index (χ0) is 14.5. The highest BCUT2D eigenvalue weighted by atomic mass is 35.5. The van der Waals surface area contributed by atoms with Crippen LogP contribution in [0.15, 0.2) is 30.9 Å². The van der Waals surface area contributed by atoms with Crippen molar-refractivity contribution in [2.24, 2.45) is 0 Å². The van der Waals surface area contributed by atoms with Crippen molar-refractivity contribution in [1.82, 2.24) is 19.8 Å². The molecule has 2 aromatic heterocycles. The van der Waals surface area contributed by atoms with Crippen LogP contribution in [0.25, 0.3) is 0 Å². The van der Waals surface area contributed by atoms with E-state index in [-0.39, 0.29) is 12.1 Å². The second kappa shape index (κ2) is 6.76. The smallest absolute Gasteiger partial charge is 0.317 e. The van der Waals surface area contributed by atoms with Gasteiger partial charge in [0.05, 0.1) is 17.2 Å². The fourth-order valence-corrected chi connectivity index (χ4v) is 2.96. The van der Waals surface area contributed by atoms with E-state index < -0.39 is 0 Å². The number of nitrogens with one attached hydrogen (secondary N) is 1. The van der Waals surface area contributed by atoms with Gasteiger partial charge in [-0.15, -0.1) is 11.3 Å². The van der Waals surface area contributed by atoms with E-state index in [1.54, 1.807) is 24.5 Å². The Morgan fingerprint density at radius 1 is 1.60 bits per heavy atom. The Bertz CT molecular complexity index is 554. The van der Waals surface area contributed by atoms with E-state index in [1.807, 2.05) is 29.8 Å². The Morgan fingerprint density at radius 2 is 2.40 bits per heavy atom. The van der Waals surface area contributed by atoms with E-state index >= 15 is 0 Å². The van der Waals surface area contributed by atoms with Crippen LogP contribution in [0.5, 0.6) is 0 Å². The Labute approximate surface area is 127 Å². The number of hydrogen-bond acceptors (Lipinski definition) is 3. The van der Waals surface area contributed by atoms with Gasteiger partial charge in [0.25, 0.3) is 0 Å². The number of halogens is 1. The standard InChI is InChI=1S/C13H17ClN4OS/c1-10(7-18-6-5-15-9-18)16-13(19)17(2)8-11-3-4-12(14)20-11/h3-6,9-10H,7-8H2,1-2H3,(H,16,19)/t10-/m1/s1. The number of aromatic nitrogens is 2. The van der Waals surface area contributed by atoms with Crippen LogP contribution in [0.4, 0.5) is 4.79 Å². The second-order valence-corrected chi connectivity index (χ2v) is 6.47. The van der Waals surface area contributed by atoms with Gasteiger partial charge in [-0.3, -0.25) is 0 Å². The zero-order valence-electron chi connectivity index (χ0n) is 11.4. The van der Waals surface area contributed by atoms with Crippen LogP contribution < -0.4 is 5.32 Å². The zero-order valence-corrected chi connectivity index (χ0v) is 13.0. The largest absolute Gasteiger partial charge is 0.335 e. The molecule has 2 aromatic rings. The lowest BCUT2D eigenvalue weighted by Gasteiger charge is -2.21. The Hall–Kier alpha value is -1.53. The molecule has 0 fully saturated rings. The molecule has 0 aliphatic rings. The van der Waals surface area contributed by atoms with E-state index in [0.717, 1.165) is 9.21 Å². The molecule has 0 spiro atoms. The highest BCUT2D eigenvalue weighted by Crippen LogP contribution is 2.22. The number of thiophene rings is 1. The molecule has 5 nitrogen and oxygen atoms in total. The summed E-state index contributed by atoms with van der Waals surface area (Å²) in [6, 6.07) is 3.72. The fraction of sp³-hybridized carbons (Fsp3) is 0.385. The van der Waals surface area contributed by atoms with Crippen molar-refractivity contribution < 1.29 is 4.79 Å². The summed E-state index contributed by atoms with van der Waals surface area (Å²) in [5, 5.41) is 2.96. The molecule has 0 bridgehead atoms.